The van der Waals surface area contributed by atoms with Crippen molar-refractivity contribution in [1.82, 2.24) is 20.2 Å². The molecule has 2 heterocycles. The Hall–Kier alpha value is -3.76. The lowest BCUT2D eigenvalue weighted by Crippen LogP contribution is -2.42. The van der Waals surface area contributed by atoms with Crippen LogP contribution in [-0.4, -0.2) is 69.1 Å². The lowest BCUT2D eigenvalue weighted by atomic mass is 10.0. The van der Waals surface area contributed by atoms with Crippen molar-refractivity contribution in [2.45, 2.75) is 36.5 Å². The molecule has 3 aromatic rings. The number of ether oxygens (including phenoxy) is 1. The van der Waals surface area contributed by atoms with Gasteiger partial charge in [0.05, 0.1) is 41.6 Å². The average molecular weight is 564 g/mol. The number of aromatic nitrogens is 2. The van der Waals surface area contributed by atoms with Gasteiger partial charge in [-0.25, -0.2) is 13.4 Å². The summed E-state index contributed by atoms with van der Waals surface area (Å²) in [6.07, 6.45) is -0.805. The van der Waals surface area contributed by atoms with E-state index < -0.39 is 28.5 Å². The van der Waals surface area contributed by atoms with E-state index in [1.807, 2.05) is 0 Å². The summed E-state index contributed by atoms with van der Waals surface area (Å²) in [7, 11) is -2.00. The number of nitrogens with zero attached hydrogens (tertiary/aromatic N) is 2. The number of anilines is 1. The number of fused-ring (bicyclic) bond motifs is 1. The molecule has 0 saturated carbocycles. The minimum atomic E-state index is -4.47. The van der Waals surface area contributed by atoms with Gasteiger partial charge < -0.3 is 25.3 Å². The molecule has 39 heavy (non-hydrogen) atoms. The zero-order valence-electron chi connectivity index (χ0n) is 21.4. The number of hydrogen-bond acceptors (Lipinski definition) is 7. The first-order valence-corrected chi connectivity index (χ1v) is 14.0. The van der Waals surface area contributed by atoms with Crippen molar-refractivity contribution < 1.29 is 31.1 Å². The van der Waals surface area contributed by atoms with Gasteiger partial charge in [0.2, 0.25) is 0 Å². The van der Waals surface area contributed by atoms with E-state index in [0.29, 0.717) is 17.0 Å². The van der Waals surface area contributed by atoms with E-state index in [9.17, 15) is 26.4 Å². The Kier molecular flexibility index (Phi) is 8.36. The largest absolute Gasteiger partial charge is 0.495 e. The van der Waals surface area contributed by atoms with Crippen LogP contribution in [0.2, 0.25) is 0 Å². The lowest BCUT2D eigenvalue weighted by molar-refractivity contribution is -0.139. The van der Waals surface area contributed by atoms with Gasteiger partial charge in [0.1, 0.15) is 17.8 Å². The number of carbonyl (C=O) groups excluding carboxylic acids is 1. The second-order valence-electron chi connectivity index (χ2n) is 9.17. The molecular weight excluding hydrogens is 535 g/mol. The van der Waals surface area contributed by atoms with Gasteiger partial charge in [-0.3, -0.25) is 4.79 Å². The third kappa shape index (κ3) is 7.21. The molecule has 1 aliphatic rings. The molecule has 2 aromatic carbocycles. The van der Waals surface area contributed by atoms with Gasteiger partial charge >= 0.3 is 6.18 Å². The molecule has 0 radical (unpaired) electrons. The van der Waals surface area contributed by atoms with Crippen LogP contribution in [0.15, 0.2) is 41.6 Å². The van der Waals surface area contributed by atoms with Crippen molar-refractivity contribution in [2.24, 2.45) is 0 Å². The molecule has 0 atom stereocenters. The Balaban J connectivity index is 1.60. The predicted molar refractivity (Wildman–Crippen MR) is 141 cm³/mol. The van der Waals surface area contributed by atoms with Gasteiger partial charge in [-0.1, -0.05) is 11.8 Å². The zero-order valence-corrected chi connectivity index (χ0v) is 22.2. The van der Waals surface area contributed by atoms with E-state index in [-0.39, 0.29) is 34.1 Å². The highest BCUT2D eigenvalue weighted by Crippen LogP contribution is 2.28. The van der Waals surface area contributed by atoms with Crippen LogP contribution >= 0.6 is 0 Å². The fourth-order valence-electron chi connectivity index (χ4n) is 4.29. The maximum absolute atomic E-state index is 13.2. The van der Waals surface area contributed by atoms with Crippen molar-refractivity contribution in [1.29, 1.82) is 0 Å². The SMILES string of the molecule is COc1cc(S(C)(=O)=O)ccc1NCC#Cc1cc(C(=O)NC2CCNCC2)c2ncn(CC(F)(F)F)c2c1. The van der Waals surface area contributed by atoms with Crippen LogP contribution < -0.4 is 20.7 Å². The molecule has 1 aliphatic heterocycles. The molecule has 208 valence electrons. The molecule has 3 N–H and O–H groups in total. The molecule has 9 nitrogen and oxygen atoms in total. The molecule has 0 spiro atoms. The number of sulfone groups is 1. The maximum Gasteiger partial charge on any atom is 0.406 e. The Morgan fingerprint density at radius 1 is 1.23 bits per heavy atom. The third-order valence-electron chi connectivity index (χ3n) is 6.20. The zero-order chi connectivity index (χ0) is 28.2. The number of benzene rings is 2. The number of carbonyl (C=O) groups is 1. The topological polar surface area (TPSA) is 114 Å². The first-order valence-electron chi connectivity index (χ1n) is 12.1. The van der Waals surface area contributed by atoms with Crippen molar-refractivity contribution in [3.05, 3.63) is 47.8 Å². The number of imidazole rings is 1. The second kappa shape index (κ2) is 11.5. The number of nitrogens with one attached hydrogen (secondary N) is 3. The van der Waals surface area contributed by atoms with E-state index in [2.05, 4.69) is 32.8 Å². The number of amides is 1. The normalized spacial score (nSPS) is 14.5. The van der Waals surface area contributed by atoms with Crippen LogP contribution in [0.25, 0.3) is 11.0 Å². The molecule has 4 rings (SSSR count). The number of methoxy groups -OCH3 is 1. The molecule has 1 saturated heterocycles. The molecule has 1 aromatic heterocycles. The quantitative estimate of drug-likeness (QED) is 0.379. The molecule has 1 amide bonds. The maximum atomic E-state index is 13.2. The van der Waals surface area contributed by atoms with Crippen molar-refractivity contribution in [3.63, 3.8) is 0 Å². The highest BCUT2D eigenvalue weighted by molar-refractivity contribution is 7.90. The van der Waals surface area contributed by atoms with Crippen LogP contribution in [0.1, 0.15) is 28.8 Å². The Morgan fingerprint density at radius 3 is 2.64 bits per heavy atom. The summed E-state index contributed by atoms with van der Waals surface area (Å²) in [6, 6.07) is 7.35. The summed E-state index contributed by atoms with van der Waals surface area (Å²) >= 11 is 0. The summed E-state index contributed by atoms with van der Waals surface area (Å²) in [6.45, 7) is 0.396. The van der Waals surface area contributed by atoms with Crippen LogP contribution in [0.3, 0.4) is 0 Å². The molecule has 13 heteroatoms. The second-order valence-corrected chi connectivity index (χ2v) is 11.2. The van der Waals surface area contributed by atoms with Gasteiger partial charge in [0.15, 0.2) is 9.84 Å². The summed E-state index contributed by atoms with van der Waals surface area (Å²) in [5.41, 5.74) is 1.34. The van der Waals surface area contributed by atoms with Crippen molar-refractivity contribution in [2.75, 3.05) is 38.3 Å². The van der Waals surface area contributed by atoms with Crippen LogP contribution in [0.5, 0.6) is 5.75 Å². The first-order chi connectivity index (χ1) is 18.4. The van der Waals surface area contributed by atoms with Gasteiger partial charge in [0.25, 0.3) is 5.91 Å². The number of hydrogen-bond donors (Lipinski definition) is 3. The van der Waals surface area contributed by atoms with Gasteiger partial charge in [-0.2, -0.15) is 13.2 Å². The van der Waals surface area contributed by atoms with Gasteiger partial charge in [-0.15, -0.1) is 0 Å². The van der Waals surface area contributed by atoms with Crippen LogP contribution in [0, 0.1) is 11.8 Å². The van der Waals surface area contributed by atoms with Crippen LogP contribution in [-0.2, 0) is 16.4 Å². The molecule has 0 unspecified atom stereocenters. The fourth-order valence-corrected chi connectivity index (χ4v) is 4.93. The number of halogens is 3. The van der Waals surface area contributed by atoms with Gasteiger partial charge in [-0.05, 0) is 50.2 Å². The van der Waals surface area contributed by atoms with E-state index >= 15 is 0 Å². The average Bonchev–Trinajstić information content (AvgIpc) is 3.27. The number of piperidine rings is 1. The summed E-state index contributed by atoms with van der Waals surface area (Å²) < 4.78 is 69.3. The highest BCUT2D eigenvalue weighted by Gasteiger charge is 2.29. The smallest absolute Gasteiger partial charge is 0.406 e. The van der Waals surface area contributed by atoms with Gasteiger partial charge in [0, 0.05) is 23.9 Å². The van der Waals surface area contributed by atoms with E-state index in [0.717, 1.165) is 43.1 Å². The third-order valence-corrected chi connectivity index (χ3v) is 7.31. The van der Waals surface area contributed by atoms with Crippen molar-refractivity contribution >= 4 is 32.5 Å². The Bertz CT molecular complexity index is 1530. The monoisotopic (exact) mass is 563 g/mol. The highest BCUT2D eigenvalue weighted by atomic mass is 32.2. The minimum absolute atomic E-state index is 0.0472. The fraction of sp³-hybridized carbons (Fsp3) is 0.385. The van der Waals surface area contributed by atoms with E-state index in [4.69, 9.17) is 4.74 Å². The van der Waals surface area contributed by atoms with E-state index in [1.165, 1.54) is 31.4 Å². The summed E-state index contributed by atoms with van der Waals surface area (Å²) in [4.78, 5) is 17.4. The van der Waals surface area contributed by atoms with Crippen molar-refractivity contribution in [3.8, 4) is 17.6 Å². The lowest BCUT2D eigenvalue weighted by Gasteiger charge is -2.23. The molecular formula is C26H28F3N5O4S. The summed E-state index contributed by atoms with van der Waals surface area (Å²) in [5, 5.41) is 9.21. The minimum Gasteiger partial charge on any atom is -0.495 e. The standard InChI is InChI=1S/C26H28F3N5O4S/c1-38-23-14-19(39(2,36)37)5-6-21(23)31-9-3-4-17-12-20(25(35)33-18-7-10-30-11-8-18)24-22(13-17)34(16-32-24)15-26(27,28)29/h5-6,12-14,16,18,30-31H,7-11,15H2,1-2H3,(H,33,35). The van der Waals surface area contributed by atoms with E-state index in [1.54, 1.807) is 6.07 Å². The first kappa shape index (κ1) is 28.3. The molecule has 0 aliphatic carbocycles. The summed E-state index contributed by atoms with van der Waals surface area (Å²) in [5.74, 6) is 5.69. The molecule has 0 bridgehead atoms. The predicted octanol–water partition coefficient (Wildman–Crippen LogP) is 2.96. The number of alkyl halides is 3. The van der Waals surface area contributed by atoms with Crippen LogP contribution in [0.4, 0.5) is 18.9 Å². The Labute approximate surface area is 224 Å². The number of rotatable bonds is 7. The Morgan fingerprint density at radius 2 is 1.97 bits per heavy atom. The molecule has 1 fully saturated rings.